The molecule has 0 radical (unpaired) electrons. The van der Waals surface area contributed by atoms with Crippen LogP contribution in [0, 0.1) is 0 Å². The highest BCUT2D eigenvalue weighted by molar-refractivity contribution is 8.76. The fraction of sp³-hybridized carbons (Fsp3) is 0.778. The van der Waals surface area contributed by atoms with Crippen LogP contribution in [-0.2, 0) is 28.7 Å². The van der Waals surface area contributed by atoms with Crippen LogP contribution in [0.1, 0.15) is 53.4 Å². The van der Waals surface area contributed by atoms with Crippen molar-refractivity contribution in [3.63, 3.8) is 0 Å². The zero-order valence-electron chi connectivity index (χ0n) is 17.1. The Labute approximate surface area is 175 Å². The smallest absolute Gasteiger partial charge is 0.329 e. The average molecular weight is 437 g/mol. The lowest BCUT2D eigenvalue weighted by Gasteiger charge is -2.18. The third-order valence-electron chi connectivity index (χ3n) is 3.36. The highest BCUT2D eigenvalue weighted by atomic mass is 33.1. The standard InChI is InChI=1S/C18H32N2O6S2/c1-5-7-9-25-17(23)15(19-13(3)21)11-27-28-12-16(20-14(4)22)18(24)26-10-8-6-2/h15-16H,5-12H2,1-4H3,(H,19,21)(H,20,22). The molecule has 162 valence electrons. The normalized spacial score (nSPS) is 12.6. The fourth-order valence-electron chi connectivity index (χ4n) is 1.90. The highest BCUT2D eigenvalue weighted by Gasteiger charge is 2.24. The van der Waals surface area contributed by atoms with Crippen LogP contribution in [0.4, 0.5) is 0 Å². The molecule has 0 aliphatic carbocycles. The van der Waals surface area contributed by atoms with E-state index in [9.17, 15) is 19.2 Å². The Morgan fingerprint density at radius 1 is 0.750 bits per heavy atom. The van der Waals surface area contributed by atoms with E-state index in [4.69, 9.17) is 9.47 Å². The second-order valence-corrected chi connectivity index (χ2v) is 8.67. The summed E-state index contributed by atoms with van der Waals surface area (Å²) in [4.78, 5) is 46.8. The maximum Gasteiger partial charge on any atom is 0.329 e. The number of amides is 2. The molecule has 2 amide bonds. The van der Waals surface area contributed by atoms with Crippen molar-refractivity contribution in [1.82, 2.24) is 10.6 Å². The van der Waals surface area contributed by atoms with Gasteiger partial charge in [-0.15, -0.1) is 0 Å². The number of rotatable bonds is 15. The van der Waals surface area contributed by atoms with E-state index in [1.54, 1.807) is 0 Å². The summed E-state index contributed by atoms with van der Waals surface area (Å²) in [6.45, 7) is 7.29. The Kier molecular flexibility index (Phi) is 15.7. The Bertz CT molecular complexity index is 460. The van der Waals surface area contributed by atoms with Gasteiger partial charge in [-0.3, -0.25) is 9.59 Å². The molecular weight excluding hydrogens is 404 g/mol. The SMILES string of the molecule is CCCCOC(=O)C(CSSCC(NC(C)=O)C(=O)OCCCC)NC(C)=O. The summed E-state index contributed by atoms with van der Waals surface area (Å²) >= 11 is 0. The molecule has 28 heavy (non-hydrogen) atoms. The highest BCUT2D eigenvalue weighted by Crippen LogP contribution is 2.23. The number of carbonyl (C=O) groups is 4. The van der Waals surface area contributed by atoms with Gasteiger partial charge in [-0.1, -0.05) is 48.3 Å². The van der Waals surface area contributed by atoms with Crippen LogP contribution >= 0.6 is 21.6 Å². The molecule has 0 saturated carbocycles. The van der Waals surface area contributed by atoms with E-state index in [1.165, 1.54) is 35.4 Å². The number of ether oxygens (including phenoxy) is 2. The zero-order valence-corrected chi connectivity index (χ0v) is 18.7. The average Bonchev–Trinajstić information content (AvgIpc) is 2.62. The van der Waals surface area contributed by atoms with Gasteiger partial charge >= 0.3 is 11.9 Å². The van der Waals surface area contributed by atoms with E-state index in [1.807, 2.05) is 13.8 Å². The van der Waals surface area contributed by atoms with Gasteiger partial charge in [-0.25, -0.2) is 9.59 Å². The lowest BCUT2D eigenvalue weighted by Crippen LogP contribution is -2.43. The number of carbonyl (C=O) groups excluding carboxylic acids is 4. The van der Waals surface area contributed by atoms with Crippen molar-refractivity contribution in [3.05, 3.63) is 0 Å². The molecule has 0 aromatic heterocycles. The van der Waals surface area contributed by atoms with E-state index in [-0.39, 0.29) is 23.3 Å². The molecule has 0 fully saturated rings. The van der Waals surface area contributed by atoms with Gasteiger partial charge in [-0.2, -0.15) is 0 Å². The number of unbranched alkanes of at least 4 members (excludes halogenated alkanes) is 2. The van der Waals surface area contributed by atoms with E-state index in [2.05, 4.69) is 10.6 Å². The molecule has 2 unspecified atom stereocenters. The first-order valence-corrected chi connectivity index (χ1v) is 11.9. The summed E-state index contributed by atoms with van der Waals surface area (Å²) < 4.78 is 10.3. The lowest BCUT2D eigenvalue weighted by molar-refractivity contribution is -0.147. The van der Waals surface area contributed by atoms with Crippen molar-refractivity contribution < 1.29 is 28.7 Å². The lowest BCUT2D eigenvalue weighted by atomic mass is 10.3. The monoisotopic (exact) mass is 436 g/mol. The Morgan fingerprint density at radius 2 is 1.11 bits per heavy atom. The van der Waals surface area contributed by atoms with Crippen LogP contribution in [0.5, 0.6) is 0 Å². The van der Waals surface area contributed by atoms with Crippen molar-refractivity contribution in [2.24, 2.45) is 0 Å². The molecule has 0 spiro atoms. The topological polar surface area (TPSA) is 111 Å². The number of esters is 2. The van der Waals surface area contributed by atoms with Gasteiger partial charge in [0.05, 0.1) is 13.2 Å². The van der Waals surface area contributed by atoms with Gasteiger partial charge in [-0.05, 0) is 12.8 Å². The number of hydrogen-bond donors (Lipinski definition) is 2. The molecule has 2 N–H and O–H groups in total. The third kappa shape index (κ3) is 13.7. The molecule has 0 rings (SSSR count). The van der Waals surface area contributed by atoms with Gasteiger partial charge in [0.1, 0.15) is 12.1 Å². The predicted octanol–water partition coefficient (Wildman–Crippen LogP) is 2.06. The summed E-state index contributed by atoms with van der Waals surface area (Å²) in [6, 6.07) is -1.52. The minimum absolute atomic E-state index is 0.285. The van der Waals surface area contributed by atoms with Gasteiger partial charge in [0.2, 0.25) is 11.8 Å². The Hall–Kier alpha value is -1.42. The molecule has 0 aliphatic rings. The second kappa shape index (κ2) is 16.5. The summed E-state index contributed by atoms with van der Waals surface area (Å²) in [6.07, 6.45) is 3.33. The van der Waals surface area contributed by atoms with Gasteiger partial charge in [0, 0.05) is 25.4 Å². The molecule has 0 aromatic carbocycles. The van der Waals surface area contributed by atoms with Gasteiger partial charge in [0.25, 0.3) is 0 Å². The Balaban J connectivity index is 4.51. The van der Waals surface area contributed by atoms with Crippen LogP contribution in [0.3, 0.4) is 0 Å². The molecule has 0 aromatic rings. The van der Waals surface area contributed by atoms with Gasteiger partial charge < -0.3 is 20.1 Å². The zero-order chi connectivity index (χ0) is 21.4. The van der Waals surface area contributed by atoms with Crippen molar-refractivity contribution >= 4 is 45.3 Å². The Morgan fingerprint density at radius 3 is 1.39 bits per heavy atom. The molecule has 10 heteroatoms. The van der Waals surface area contributed by atoms with Crippen molar-refractivity contribution in [3.8, 4) is 0 Å². The van der Waals surface area contributed by atoms with E-state index >= 15 is 0 Å². The van der Waals surface area contributed by atoms with E-state index in [0.29, 0.717) is 13.2 Å². The predicted molar refractivity (Wildman–Crippen MR) is 112 cm³/mol. The summed E-state index contributed by atoms with van der Waals surface area (Å²) in [5.41, 5.74) is 0. The molecule has 0 saturated heterocycles. The summed E-state index contributed by atoms with van der Waals surface area (Å²) in [7, 11) is 2.63. The maximum absolute atomic E-state index is 12.1. The minimum atomic E-state index is -0.762. The second-order valence-electron chi connectivity index (χ2n) is 6.12. The molecule has 8 nitrogen and oxygen atoms in total. The van der Waals surface area contributed by atoms with Crippen LogP contribution in [-0.4, -0.2) is 60.6 Å². The number of nitrogens with one attached hydrogen (secondary N) is 2. The number of hydrogen-bond acceptors (Lipinski definition) is 8. The molecule has 0 heterocycles. The van der Waals surface area contributed by atoms with Gasteiger partial charge in [0.15, 0.2) is 0 Å². The summed E-state index contributed by atoms with van der Waals surface area (Å²) in [5, 5.41) is 5.15. The first kappa shape index (κ1) is 26.6. The third-order valence-corrected chi connectivity index (χ3v) is 5.78. The van der Waals surface area contributed by atoms with Crippen molar-refractivity contribution in [2.45, 2.75) is 65.5 Å². The first-order valence-electron chi connectivity index (χ1n) is 9.43. The fourth-order valence-corrected chi connectivity index (χ4v) is 4.19. The minimum Gasteiger partial charge on any atom is -0.464 e. The molecule has 0 bridgehead atoms. The molecular formula is C18H32N2O6S2. The molecule has 2 atom stereocenters. The van der Waals surface area contributed by atoms with Crippen molar-refractivity contribution in [1.29, 1.82) is 0 Å². The van der Waals surface area contributed by atoms with Crippen LogP contribution in [0.25, 0.3) is 0 Å². The van der Waals surface area contributed by atoms with E-state index in [0.717, 1.165) is 25.7 Å². The van der Waals surface area contributed by atoms with Crippen molar-refractivity contribution in [2.75, 3.05) is 24.7 Å². The van der Waals surface area contributed by atoms with Crippen LogP contribution in [0.15, 0.2) is 0 Å². The van der Waals surface area contributed by atoms with E-state index < -0.39 is 24.0 Å². The quantitative estimate of drug-likeness (QED) is 0.228. The van der Waals surface area contributed by atoms with Crippen LogP contribution in [0.2, 0.25) is 0 Å². The maximum atomic E-state index is 12.1. The first-order chi connectivity index (χ1) is 13.3. The summed E-state index contributed by atoms with van der Waals surface area (Å²) in [5.74, 6) is -1.03. The van der Waals surface area contributed by atoms with Crippen LogP contribution < -0.4 is 10.6 Å². The molecule has 0 aliphatic heterocycles. The largest absolute Gasteiger partial charge is 0.464 e.